The van der Waals surface area contributed by atoms with Crippen LogP contribution in [0.1, 0.15) is 12.5 Å². The summed E-state index contributed by atoms with van der Waals surface area (Å²) in [5, 5.41) is 4.60. The topological polar surface area (TPSA) is 114 Å². The van der Waals surface area contributed by atoms with Gasteiger partial charge in [-0.15, -0.1) is 0 Å². The van der Waals surface area contributed by atoms with Gasteiger partial charge in [-0.1, -0.05) is 34.1 Å². The lowest BCUT2D eigenvalue weighted by Gasteiger charge is -2.26. The summed E-state index contributed by atoms with van der Waals surface area (Å²) in [6.07, 6.45) is 1.33. The lowest BCUT2D eigenvalue weighted by Crippen LogP contribution is -2.54. The molecule has 1 saturated heterocycles. The molecule has 3 aromatic rings. The molecule has 1 heterocycles. The van der Waals surface area contributed by atoms with E-state index in [2.05, 4.69) is 26.6 Å². The van der Waals surface area contributed by atoms with E-state index in [-0.39, 0.29) is 29.4 Å². The number of para-hydroxylation sites is 1. The van der Waals surface area contributed by atoms with Gasteiger partial charge in [-0.25, -0.2) is 14.1 Å². The Morgan fingerprint density at radius 2 is 1.76 bits per heavy atom. The zero-order valence-corrected chi connectivity index (χ0v) is 21.6. The molecule has 5 amide bonds. The van der Waals surface area contributed by atoms with Crippen molar-refractivity contribution in [3.8, 4) is 11.5 Å². The zero-order chi connectivity index (χ0) is 27.2. The van der Waals surface area contributed by atoms with Crippen LogP contribution in [-0.2, 0) is 14.4 Å². The highest BCUT2D eigenvalue weighted by molar-refractivity contribution is 9.10. The van der Waals surface area contributed by atoms with Crippen LogP contribution < -0.4 is 25.0 Å². The number of imide groups is 2. The van der Waals surface area contributed by atoms with Gasteiger partial charge in [-0.3, -0.25) is 19.7 Å². The Bertz CT molecular complexity index is 1440. The first-order valence-electron chi connectivity index (χ1n) is 11.4. The van der Waals surface area contributed by atoms with Crippen LogP contribution in [0.15, 0.2) is 76.8 Å². The van der Waals surface area contributed by atoms with Crippen LogP contribution in [0.3, 0.4) is 0 Å². The van der Waals surface area contributed by atoms with Gasteiger partial charge >= 0.3 is 6.03 Å². The molecule has 0 aromatic heterocycles. The van der Waals surface area contributed by atoms with Crippen LogP contribution in [0.2, 0.25) is 0 Å². The van der Waals surface area contributed by atoms with Gasteiger partial charge < -0.3 is 14.8 Å². The minimum Gasteiger partial charge on any atom is -0.490 e. The second kappa shape index (κ2) is 11.7. The Hall–Kier alpha value is -4.51. The number of carbonyl (C=O) groups is 4. The summed E-state index contributed by atoms with van der Waals surface area (Å²) in [5.41, 5.74) is 0.480. The van der Waals surface area contributed by atoms with Gasteiger partial charge in [-0.2, -0.15) is 0 Å². The molecule has 1 fully saturated rings. The van der Waals surface area contributed by atoms with Crippen molar-refractivity contribution in [3.05, 3.63) is 88.2 Å². The highest BCUT2D eigenvalue weighted by atomic mass is 79.9. The van der Waals surface area contributed by atoms with E-state index in [1.165, 1.54) is 36.4 Å². The molecule has 9 nitrogen and oxygen atoms in total. The van der Waals surface area contributed by atoms with E-state index in [4.69, 9.17) is 9.47 Å². The van der Waals surface area contributed by atoms with Crippen molar-refractivity contribution >= 4 is 57.1 Å². The van der Waals surface area contributed by atoms with Crippen molar-refractivity contribution in [2.24, 2.45) is 0 Å². The molecule has 0 unspecified atom stereocenters. The average molecular weight is 582 g/mol. The summed E-state index contributed by atoms with van der Waals surface area (Å²) in [5.74, 6) is -2.30. The zero-order valence-electron chi connectivity index (χ0n) is 20.0. The maximum Gasteiger partial charge on any atom is 0.335 e. The number of nitrogens with one attached hydrogen (secondary N) is 2. The number of barbiturate groups is 1. The summed E-state index contributed by atoms with van der Waals surface area (Å²) in [4.78, 5) is 51.1. The molecule has 2 N–H and O–H groups in total. The molecule has 1 aliphatic heterocycles. The van der Waals surface area contributed by atoms with Crippen LogP contribution in [0.4, 0.5) is 20.6 Å². The first-order chi connectivity index (χ1) is 18.3. The Morgan fingerprint density at radius 1 is 1.03 bits per heavy atom. The average Bonchev–Trinajstić information content (AvgIpc) is 2.88. The first-order valence-corrected chi connectivity index (χ1v) is 12.2. The molecular formula is C27H21BrFN3O6. The third kappa shape index (κ3) is 6.06. The molecule has 0 bridgehead atoms. The first kappa shape index (κ1) is 26.6. The number of anilines is 2. The number of halogens is 2. The van der Waals surface area contributed by atoms with Gasteiger partial charge in [-0.05, 0) is 67.1 Å². The van der Waals surface area contributed by atoms with Gasteiger partial charge in [0, 0.05) is 4.47 Å². The largest absolute Gasteiger partial charge is 0.490 e. The highest BCUT2D eigenvalue weighted by Gasteiger charge is 2.36. The van der Waals surface area contributed by atoms with Crippen LogP contribution in [0.25, 0.3) is 6.08 Å². The van der Waals surface area contributed by atoms with E-state index in [0.29, 0.717) is 11.3 Å². The van der Waals surface area contributed by atoms with E-state index >= 15 is 0 Å². The van der Waals surface area contributed by atoms with Crippen LogP contribution in [-0.4, -0.2) is 37.0 Å². The smallest absolute Gasteiger partial charge is 0.335 e. The van der Waals surface area contributed by atoms with Gasteiger partial charge in [0.2, 0.25) is 0 Å². The lowest BCUT2D eigenvalue weighted by atomic mass is 10.1. The second-order valence-electron chi connectivity index (χ2n) is 7.89. The third-order valence-electron chi connectivity index (χ3n) is 5.27. The molecule has 0 aliphatic carbocycles. The van der Waals surface area contributed by atoms with Crippen molar-refractivity contribution < 1.29 is 33.0 Å². The number of benzene rings is 3. The summed E-state index contributed by atoms with van der Waals surface area (Å²) in [6.45, 7) is 1.60. The standard InChI is InChI=1S/C27H21BrFN3O6/c1-2-37-23-14-16(7-12-22(23)38-15-24(33)30-21-6-4-3-5-20(21)29)13-19-25(34)31-27(36)32(26(19)35)18-10-8-17(28)9-11-18/h3-14H,2,15H2,1H3,(H,30,33)(H,31,34,36)/b19-13+. The number of hydrogen-bond donors (Lipinski definition) is 2. The quantitative estimate of drug-likeness (QED) is 0.295. The number of rotatable bonds is 8. The predicted molar refractivity (Wildman–Crippen MR) is 141 cm³/mol. The summed E-state index contributed by atoms with van der Waals surface area (Å²) in [7, 11) is 0. The van der Waals surface area contributed by atoms with E-state index in [1.54, 1.807) is 43.3 Å². The summed E-state index contributed by atoms with van der Waals surface area (Å²) < 4.78 is 25.7. The molecule has 194 valence electrons. The fourth-order valence-corrected chi connectivity index (χ4v) is 3.81. The van der Waals surface area contributed by atoms with Gasteiger partial charge in [0.15, 0.2) is 18.1 Å². The van der Waals surface area contributed by atoms with Crippen molar-refractivity contribution in [1.29, 1.82) is 0 Å². The number of hydrogen-bond acceptors (Lipinski definition) is 6. The van der Waals surface area contributed by atoms with Gasteiger partial charge in [0.05, 0.1) is 18.0 Å². The fourth-order valence-electron chi connectivity index (χ4n) is 3.54. The Morgan fingerprint density at radius 3 is 2.47 bits per heavy atom. The van der Waals surface area contributed by atoms with Crippen molar-refractivity contribution in [1.82, 2.24) is 5.32 Å². The molecule has 0 radical (unpaired) electrons. The minimum absolute atomic E-state index is 0.0270. The summed E-state index contributed by atoms with van der Waals surface area (Å²) in [6, 6.07) is 16.0. The molecule has 11 heteroatoms. The fraction of sp³-hybridized carbons (Fsp3) is 0.111. The van der Waals surface area contributed by atoms with E-state index in [0.717, 1.165) is 9.37 Å². The van der Waals surface area contributed by atoms with Gasteiger partial charge in [0.25, 0.3) is 17.7 Å². The van der Waals surface area contributed by atoms with E-state index in [9.17, 15) is 23.6 Å². The van der Waals surface area contributed by atoms with E-state index < -0.39 is 36.2 Å². The van der Waals surface area contributed by atoms with Crippen molar-refractivity contribution in [2.75, 3.05) is 23.4 Å². The number of carbonyl (C=O) groups excluding carboxylic acids is 4. The van der Waals surface area contributed by atoms with Crippen molar-refractivity contribution in [3.63, 3.8) is 0 Å². The number of ether oxygens (including phenoxy) is 2. The molecule has 4 rings (SSSR count). The SMILES string of the molecule is CCOc1cc(/C=C2\C(=O)NC(=O)N(c3ccc(Br)cc3)C2=O)ccc1OCC(=O)Nc1ccccc1F. The lowest BCUT2D eigenvalue weighted by molar-refractivity contribution is -0.122. The summed E-state index contributed by atoms with van der Waals surface area (Å²) >= 11 is 3.30. The maximum absolute atomic E-state index is 13.8. The molecule has 0 saturated carbocycles. The van der Waals surface area contributed by atoms with Crippen LogP contribution in [0, 0.1) is 5.82 Å². The minimum atomic E-state index is -0.855. The molecule has 38 heavy (non-hydrogen) atoms. The third-order valence-corrected chi connectivity index (χ3v) is 5.80. The molecule has 0 atom stereocenters. The van der Waals surface area contributed by atoms with Crippen molar-refractivity contribution in [2.45, 2.75) is 6.92 Å². The Kier molecular flexibility index (Phi) is 8.17. The van der Waals surface area contributed by atoms with Crippen LogP contribution in [0.5, 0.6) is 11.5 Å². The maximum atomic E-state index is 13.8. The Labute approximate surface area is 225 Å². The van der Waals surface area contributed by atoms with E-state index in [1.807, 2.05) is 0 Å². The number of urea groups is 1. The second-order valence-corrected chi connectivity index (χ2v) is 8.81. The molecule has 0 spiro atoms. The Balaban J connectivity index is 1.53. The predicted octanol–water partition coefficient (Wildman–Crippen LogP) is 4.67. The monoisotopic (exact) mass is 581 g/mol. The highest BCUT2D eigenvalue weighted by Crippen LogP contribution is 2.30. The normalized spacial score (nSPS) is 14.3. The molecule has 1 aliphatic rings. The number of nitrogens with zero attached hydrogens (tertiary/aromatic N) is 1. The molecule has 3 aromatic carbocycles. The molecular weight excluding hydrogens is 561 g/mol. The van der Waals surface area contributed by atoms with Gasteiger partial charge in [0.1, 0.15) is 11.4 Å². The van der Waals surface area contributed by atoms with Crippen LogP contribution >= 0.6 is 15.9 Å². The number of amides is 5.